The topological polar surface area (TPSA) is 85.1 Å². The van der Waals surface area contributed by atoms with Gasteiger partial charge in [-0.25, -0.2) is 12.8 Å². The van der Waals surface area contributed by atoms with E-state index in [1.54, 1.807) is 6.92 Å². The third-order valence-corrected chi connectivity index (χ3v) is 5.21. The lowest BCUT2D eigenvalue weighted by Gasteiger charge is -2.10. The van der Waals surface area contributed by atoms with Gasteiger partial charge in [-0.3, -0.25) is 0 Å². The van der Waals surface area contributed by atoms with Crippen LogP contribution in [0.15, 0.2) is 57.9 Å². The number of hydrogen-bond donors (Lipinski definition) is 1. The average Bonchev–Trinajstić information content (AvgIpc) is 3.05. The molecule has 0 spiro atoms. The number of sulfonamides is 1. The average molecular weight is 361 g/mol. The summed E-state index contributed by atoms with van der Waals surface area (Å²) in [5.74, 6) is 0.0247. The predicted octanol–water partition coefficient (Wildman–Crippen LogP) is 3.22. The van der Waals surface area contributed by atoms with Crippen molar-refractivity contribution in [2.24, 2.45) is 0 Å². The number of benzene rings is 2. The maximum atomic E-state index is 13.0. The summed E-state index contributed by atoms with van der Waals surface area (Å²) in [5.41, 5.74) is 1.79. The molecule has 6 nitrogen and oxygen atoms in total. The summed E-state index contributed by atoms with van der Waals surface area (Å²) in [6.07, 6.45) is 0. The highest BCUT2D eigenvalue weighted by molar-refractivity contribution is 7.89. The molecule has 0 radical (unpaired) electrons. The van der Waals surface area contributed by atoms with E-state index in [0.29, 0.717) is 5.82 Å². The first kappa shape index (κ1) is 17.2. The van der Waals surface area contributed by atoms with Gasteiger partial charge in [-0.15, -0.1) is 0 Å². The second-order valence-corrected chi connectivity index (χ2v) is 7.28. The minimum atomic E-state index is -3.83. The molecule has 8 heteroatoms. The fourth-order valence-electron chi connectivity index (χ4n) is 2.31. The first-order valence-corrected chi connectivity index (χ1v) is 9.02. The third-order valence-electron chi connectivity index (χ3n) is 3.65. The van der Waals surface area contributed by atoms with Gasteiger partial charge in [-0.2, -0.15) is 9.71 Å². The quantitative estimate of drug-likeness (QED) is 0.754. The van der Waals surface area contributed by atoms with Crippen LogP contribution in [0.1, 0.15) is 24.4 Å². The zero-order valence-corrected chi connectivity index (χ0v) is 14.4. The second kappa shape index (κ2) is 6.73. The molecule has 0 fully saturated rings. The fourth-order valence-corrected chi connectivity index (χ4v) is 3.51. The molecule has 0 aliphatic rings. The Hall–Kier alpha value is -2.58. The molecule has 25 heavy (non-hydrogen) atoms. The molecule has 2 aromatic carbocycles. The summed E-state index contributed by atoms with van der Waals surface area (Å²) < 4.78 is 45.2. The van der Waals surface area contributed by atoms with Gasteiger partial charge in [0.15, 0.2) is 0 Å². The van der Waals surface area contributed by atoms with E-state index in [9.17, 15) is 12.8 Å². The summed E-state index contributed by atoms with van der Waals surface area (Å²) in [4.78, 5) is 4.23. The van der Waals surface area contributed by atoms with Gasteiger partial charge in [0.2, 0.25) is 21.7 Å². The highest BCUT2D eigenvalue weighted by Crippen LogP contribution is 2.22. The van der Waals surface area contributed by atoms with Crippen LogP contribution in [0, 0.1) is 12.7 Å². The van der Waals surface area contributed by atoms with Crippen LogP contribution < -0.4 is 4.72 Å². The van der Waals surface area contributed by atoms with Crippen LogP contribution in [-0.4, -0.2) is 18.6 Å². The molecule has 1 atom stereocenters. The smallest absolute Gasteiger partial charge is 0.244 e. The van der Waals surface area contributed by atoms with Crippen LogP contribution in [0.5, 0.6) is 0 Å². The largest absolute Gasteiger partial charge is 0.337 e. The Labute approximate surface area is 144 Å². The third kappa shape index (κ3) is 3.75. The Bertz CT molecular complexity index is 984. The molecular weight excluding hydrogens is 345 g/mol. The number of hydrogen-bond acceptors (Lipinski definition) is 5. The van der Waals surface area contributed by atoms with E-state index in [0.717, 1.165) is 23.3 Å². The second-order valence-electron chi connectivity index (χ2n) is 5.57. The van der Waals surface area contributed by atoms with Crippen LogP contribution in [-0.2, 0) is 10.0 Å². The van der Waals surface area contributed by atoms with E-state index < -0.39 is 21.9 Å². The Morgan fingerprint density at radius 2 is 1.80 bits per heavy atom. The van der Waals surface area contributed by atoms with E-state index in [-0.39, 0.29) is 10.8 Å². The van der Waals surface area contributed by atoms with Crippen molar-refractivity contribution < 1.29 is 17.3 Å². The SMILES string of the molecule is Cc1ccccc1-c1noc([C@@H](C)NS(=O)(=O)c2ccc(F)cc2)n1. The minimum Gasteiger partial charge on any atom is -0.337 e. The molecule has 0 saturated heterocycles. The van der Waals surface area contributed by atoms with Crippen LogP contribution >= 0.6 is 0 Å². The first-order valence-electron chi connectivity index (χ1n) is 7.54. The summed E-state index contributed by atoms with van der Waals surface area (Å²) in [5, 5.41) is 3.91. The van der Waals surface area contributed by atoms with Crippen LogP contribution in [0.4, 0.5) is 4.39 Å². The van der Waals surface area contributed by atoms with E-state index in [4.69, 9.17) is 4.52 Å². The molecule has 1 aromatic heterocycles. The molecule has 1 N–H and O–H groups in total. The molecule has 0 amide bonds. The van der Waals surface area contributed by atoms with Gasteiger partial charge >= 0.3 is 0 Å². The molecule has 0 aliphatic heterocycles. The summed E-state index contributed by atoms with van der Waals surface area (Å²) in [6, 6.07) is 11.4. The molecule has 1 heterocycles. The predicted molar refractivity (Wildman–Crippen MR) is 89.6 cm³/mol. The Morgan fingerprint density at radius 1 is 1.12 bits per heavy atom. The van der Waals surface area contributed by atoms with Crippen LogP contribution in [0.25, 0.3) is 11.4 Å². The lowest BCUT2D eigenvalue weighted by atomic mass is 10.1. The maximum absolute atomic E-state index is 13.0. The lowest BCUT2D eigenvalue weighted by molar-refractivity contribution is 0.354. The van der Waals surface area contributed by atoms with Gasteiger partial charge < -0.3 is 4.52 Å². The molecule has 0 saturated carbocycles. The summed E-state index contributed by atoms with van der Waals surface area (Å²) >= 11 is 0. The highest BCUT2D eigenvalue weighted by Gasteiger charge is 2.23. The van der Waals surface area contributed by atoms with E-state index in [2.05, 4.69) is 14.9 Å². The van der Waals surface area contributed by atoms with Crippen molar-refractivity contribution in [2.45, 2.75) is 24.8 Å². The standard InChI is InChI=1S/C17H16FN3O3S/c1-11-5-3-4-6-15(11)16-19-17(24-20-16)12(2)21-25(22,23)14-9-7-13(18)8-10-14/h3-10,12,21H,1-2H3/t12-/m1/s1. The Balaban J connectivity index is 1.81. The highest BCUT2D eigenvalue weighted by atomic mass is 32.2. The molecule has 0 aliphatic carbocycles. The van der Waals surface area contributed by atoms with Gasteiger partial charge in [-0.1, -0.05) is 29.4 Å². The summed E-state index contributed by atoms with van der Waals surface area (Å²) in [6.45, 7) is 3.52. The van der Waals surface area contributed by atoms with Crippen molar-refractivity contribution in [1.82, 2.24) is 14.9 Å². The molecule has 130 valence electrons. The lowest BCUT2D eigenvalue weighted by Crippen LogP contribution is -2.27. The zero-order valence-electron chi connectivity index (χ0n) is 13.6. The Kier molecular flexibility index (Phi) is 4.65. The molecular formula is C17H16FN3O3S. The van der Waals surface area contributed by atoms with Gasteiger partial charge in [0.05, 0.1) is 10.9 Å². The monoisotopic (exact) mass is 361 g/mol. The minimum absolute atomic E-state index is 0.0422. The van der Waals surface area contributed by atoms with Crippen LogP contribution in [0.2, 0.25) is 0 Å². The van der Waals surface area contributed by atoms with Crippen molar-refractivity contribution in [3.05, 3.63) is 65.8 Å². The molecule has 0 bridgehead atoms. The van der Waals surface area contributed by atoms with Crippen molar-refractivity contribution in [2.75, 3.05) is 0 Å². The number of rotatable bonds is 5. The number of nitrogens with one attached hydrogen (secondary N) is 1. The van der Waals surface area contributed by atoms with Crippen molar-refractivity contribution in [3.63, 3.8) is 0 Å². The van der Waals surface area contributed by atoms with Crippen molar-refractivity contribution >= 4 is 10.0 Å². The summed E-state index contributed by atoms with van der Waals surface area (Å²) in [7, 11) is -3.83. The van der Waals surface area contributed by atoms with Gasteiger partial charge in [0, 0.05) is 5.56 Å². The van der Waals surface area contributed by atoms with Crippen LogP contribution in [0.3, 0.4) is 0 Å². The normalized spacial score (nSPS) is 12.9. The zero-order chi connectivity index (χ0) is 18.0. The van der Waals surface area contributed by atoms with E-state index in [1.165, 1.54) is 12.1 Å². The first-order chi connectivity index (χ1) is 11.9. The number of aromatic nitrogens is 2. The maximum Gasteiger partial charge on any atom is 0.244 e. The van der Waals surface area contributed by atoms with Gasteiger partial charge in [-0.05, 0) is 43.7 Å². The Morgan fingerprint density at radius 3 is 2.48 bits per heavy atom. The molecule has 3 aromatic rings. The number of halogens is 1. The fraction of sp³-hybridized carbons (Fsp3) is 0.176. The van der Waals surface area contributed by atoms with Crippen molar-refractivity contribution in [1.29, 1.82) is 0 Å². The number of aryl methyl sites for hydroxylation is 1. The number of nitrogens with zero attached hydrogens (tertiary/aromatic N) is 2. The van der Waals surface area contributed by atoms with E-state index in [1.807, 2.05) is 31.2 Å². The molecule has 3 rings (SSSR count). The van der Waals surface area contributed by atoms with Gasteiger partial charge in [0.25, 0.3) is 0 Å². The van der Waals surface area contributed by atoms with Crippen molar-refractivity contribution in [3.8, 4) is 11.4 Å². The van der Waals surface area contributed by atoms with E-state index >= 15 is 0 Å². The van der Waals surface area contributed by atoms with Gasteiger partial charge in [0.1, 0.15) is 5.82 Å². The molecule has 0 unspecified atom stereocenters.